The Hall–Kier alpha value is -3.88. The molecular weight excluding hydrogens is 534 g/mol. The minimum atomic E-state index is -0.805. The van der Waals surface area contributed by atoms with Gasteiger partial charge >= 0.3 is 12.1 Å². The topological polar surface area (TPSA) is 123 Å². The third-order valence-corrected chi connectivity index (χ3v) is 8.83. The Bertz CT molecular complexity index is 1240. The highest BCUT2D eigenvalue weighted by atomic mass is 16.6. The van der Waals surface area contributed by atoms with Crippen LogP contribution in [0.5, 0.6) is 0 Å². The van der Waals surface area contributed by atoms with E-state index >= 15 is 0 Å². The molecule has 1 aliphatic carbocycles. The van der Waals surface area contributed by atoms with E-state index in [0.29, 0.717) is 12.8 Å². The molecule has 3 N–H and O–H groups in total. The third kappa shape index (κ3) is 7.69. The van der Waals surface area contributed by atoms with Crippen LogP contribution in [0.15, 0.2) is 60.7 Å². The number of hydrogen-bond donors (Lipinski definition) is 3. The van der Waals surface area contributed by atoms with Crippen LogP contribution in [0.4, 0.5) is 4.79 Å². The molecule has 7 atom stereocenters. The van der Waals surface area contributed by atoms with Crippen molar-refractivity contribution in [3.8, 4) is 0 Å². The van der Waals surface area contributed by atoms with Crippen molar-refractivity contribution in [2.45, 2.75) is 90.6 Å². The standard InChI is InChI=1S/C33H43N3O6/c1-5-21(2)33(4)28(42-31(33)39)30(38)36-27-19-25(27)18-26(17-16-23-12-8-6-9-13-23)35-29(37)22(3)34-32(40)41-20-24-14-10-7-11-15-24/h6-15,21-22,25-28H,5,16-20H2,1-4H3,(H,34,40)(H,35,37)(H,36,38)/t21-,22-,25+,26?,27-,28-,33-/m0/s1. The number of alkyl carbamates (subject to hydrolysis) is 1. The van der Waals surface area contributed by atoms with Gasteiger partial charge in [-0.05, 0) is 62.5 Å². The fourth-order valence-corrected chi connectivity index (χ4v) is 5.49. The number of ether oxygens (including phenoxy) is 2. The van der Waals surface area contributed by atoms with Crippen molar-refractivity contribution in [2.75, 3.05) is 0 Å². The predicted octanol–water partition coefficient (Wildman–Crippen LogP) is 4.29. The van der Waals surface area contributed by atoms with Gasteiger partial charge in [0.25, 0.3) is 5.91 Å². The molecule has 0 aromatic heterocycles. The van der Waals surface area contributed by atoms with Gasteiger partial charge < -0.3 is 25.4 Å². The van der Waals surface area contributed by atoms with Crippen LogP contribution >= 0.6 is 0 Å². The fourth-order valence-electron chi connectivity index (χ4n) is 5.49. The first kappa shape index (κ1) is 31.1. The van der Waals surface area contributed by atoms with Crippen LogP contribution in [-0.4, -0.2) is 48.1 Å². The van der Waals surface area contributed by atoms with Crippen molar-refractivity contribution in [1.29, 1.82) is 0 Å². The van der Waals surface area contributed by atoms with E-state index in [0.717, 1.165) is 24.8 Å². The highest BCUT2D eigenvalue weighted by molar-refractivity contribution is 5.97. The lowest BCUT2D eigenvalue weighted by Gasteiger charge is -2.46. The number of cyclic esters (lactones) is 1. The molecule has 1 saturated carbocycles. The second-order valence-electron chi connectivity index (χ2n) is 11.9. The summed E-state index contributed by atoms with van der Waals surface area (Å²) in [5, 5.41) is 8.79. The number of carbonyl (C=O) groups is 4. The van der Waals surface area contributed by atoms with E-state index in [1.807, 2.05) is 69.3 Å². The van der Waals surface area contributed by atoms with Crippen molar-refractivity contribution < 1.29 is 28.7 Å². The Morgan fingerprint density at radius 1 is 1.00 bits per heavy atom. The van der Waals surface area contributed by atoms with Crippen LogP contribution in [0.2, 0.25) is 0 Å². The molecule has 0 spiro atoms. The Morgan fingerprint density at radius 2 is 1.64 bits per heavy atom. The summed E-state index contributed by atoms with van der Waals surface area (Å²) < 4.78 is 10.5. The maximum Gasteiger partial charge on any atom is 0.408 e. The number of aryl methyl sites for hydroxylation is 1. The molecule has 4 rings (SSSR count). The maximum atomic E-state index is 13.1. The summed E-state index contributed by atoms with van der Waals surface area (Å²) in [5.41, 5.74) is 1.22. The number of esters is 1. The lowest BCUT2D eigenvalue weighted by Crippen LogP contribution is -2.64. The zero-order valence-corrected chi connectivity index (χ0v) is 24.9. The summed E-state index contributed by atoms with van der Waals surface area (Å²) in [7, 11) is 0. The first-order valence-corrected chi connectivity index (χ1v) is 14.9. The highest BCUT2D eigenvalue weighted by Gasteiger charge is 2.61. The van der Waals surface area contributed by atoms with E-state index in [9.17, 15) is 19.2 Å². The van der Waals surface area contributed by atoms with E-state index in [4.69, 9.17) is 9.47 Å². The van der Waals surface area contributed by atoms with Gasteiger partial charge in [-0.3, -0.25) is 14.4 Å². The van der Waals surface area contributed by atoms with Crippen molar-refractivity contribution >= 4 is 23.9 Å². The van der Waals surface area contributed by atoms with Gasteiger partial charge in [0.15, 0.2) is 6.10 Å². The summed E-state index contributed by atoms with van der Waals surface area (Å²) in [6.07, 6.45) is 2.32. The Kier molecular flexibility index (Phi) is 10.2. The summed E-state index contributed by atoms with van der Waals surface area (Å²) in [6.45, 7) is 7.53. The average molecular weight is 578 g/mol. The molecule has 42 heavy (non-hydrogen) atoms. The molecule has 0 bridgehead atoms. The molecule has 0 radical (unpaired) electrons. The van der Waals surface area contributed by atoms with Crippen molar-refractivity contribution in [2.24, 2.45) is 17.3 Å². The van der Waals surface area contributed by atoms with Crippen LogP contribution in [0, 0.1) is 17.3 Å². The van der Waals surface area contributed by atoms with E-state index < -0.39 is 23.7 Å². The van der Waals surface area contributed by atoms with Crippen LogP contribution in [-0.2, 0) is 36.9 Å². The molecule has 2 aliphatic rings. The highest BCUT2D eigenvalue weighted by Crippen LogP contribution is 2.45. The number of hydrogen-bond acceptors (Lipinski definition) is 6. The number of nitrogens with one attached hydrogen (secondary N) is 3. The Balaban J connectivity index is 1.29. The van der Waals surface area contributed by atoms with Gasteiger partial charge in [0.05, 0.1) is 0 Å². The summed E-state index contributed by atoms with van der Waals surface area (Å²) in [4.78, 5) is 50.6. The molecule has 9 heteroatoms. The van der Waals surface area contributed by atoms with Crippen LogP contribution in [0.3, 0.4) is 0 Å². The first-order valence-electron chi connectivity index (χ1n) is 14.9. The van der Waals surface area contributed by atoms with Gasteiger partial charge in [-0.25, -0.2) is 4.79 Å². The summed E-state index contributed by atoms with van der Waals surface area (Å²) in [6, 6.07) is 18.4. The van der Waals surface area contributed by atoms with E-state index in [1.54, 1.807) is 6.92 Å². The molecule has 1 aliphatic heterocycles. The number of carbonyl (C=O) groups excluding carboxylic acids is 4. The first-order chi connectivity index (χ1) is 20.1. The maximum absolute atomic E-state index is 13.1. The van der Waals surface area contributed by atoms with Gasteiger partial charge in [-0.15, -0.1) is 0 Å². The molecular formula is C33H43N3O6. The van der Waals surface area contributed by atoms with Gasteiger partial charge in [0.1, 0.15) is 18.1 Å². The molecule has 2 aromatic rings. The molecule has 1 unspecified atom stereocenters. The lowest BCUT2D eigenvalue weighted by atomic mass is 9.68. The second-order valence-corrected chi connectivity index (χ2v) is 11.9. The van der Waals surface area contributed by atoms with Gasteiger partial charge in [0, 0.05) is 12.1 Å². The molecule has 9 nitrogen and oxygen atoms in total. The van der Waals surface area contributed by atoms with Gasteiger partial charge in [-0.2, -0.15) is 0 Å². The summed E-state index contributed by atoms with van der Waals surface area (Å²) >= 11 is 0. The van der Waals surface area contributed by atoms with Gasteiger partial charge in [-0.1, -0.05) is 80.9 Å². The van der Waals surface area contributed by atoms with Crippen LogP contribution in [0.25, 0.3) is 0 Å². The Morgan fingerprint density at radius 3 is 2.26 bits per heavy atom. The van der Waals surface area contributed by atoms with Crippen molar-refractivity contribution in [3.63, 3.8) is 0 Å². The minimum absolute atomic E-state index is 0.0300. The molecule has 1 saturated heterocycles. The number of rotatable bonds is 14. The number of benzene rings is 2. The lowest BCUT2D eigenvalue weighted by molar-refractivity contribution is -0.213. The van der Waals surface area contributed by atoms with Gasteiger partial charge in [0.2, 0.25) is 5.91 Å². The smallest absolute Gasteiger partial charge is 0.408 e. The van der Waals surface area contributed by atoms with Crippen molar-refractivity contribution in [1.82, 2.24) is 16.0 Å². The monoisotopic (exact) mass is 577 g/mol. The van der Waals surface area contributed by atoms with E-state index in [-0.39, 0.29) is 48.3 Å². The van der Waals surface area contributed by atoms with E-state index in [2.05, 4.69) is 28.1 Å². The largest absolute Gasteiger partial charge is 0.450 e. The molecule has 1 heterocycles. The molecule has 2 aromatic carbocycles. The average Bonchev–Trinajstić information content (AvgIpc) is 3.73. The van der Waals surface area contributed by atoms with Crippen molar-refractivity contribution in [3.05, 3.63) is 71.8 Å². The predicted molar refractivity (Wildman–Crippen MR) is 158 cm³/mol. The Labute approximate surface area is 248 Å². The zero-order chi connectivity index (χ0) is 30.3. The fraction of sp³-hybridized carbons (Fsp3) is 0.515. The normalized spacial score (nSPS) is 24.7. The third-order valence-electron chi connectivity index (χ3n) is 8.83. The summed E-state index contributed by atoms with van der Waals surface area (Å²) in [5.74, 6) is -0.633. The minimum Gasteiger partial charge on any atom is -0.450 e. The number of amides is 3. The molecule has 2 fully saturated rings. The van der Waals surface area contributed by atoms with Crippen LogP contribution in [0.1, 0.15) is 64.5 Å². The van der Waals surface area contributed by atoms with Crippen LogP contribution < -0.4 is 16.0 Å². The second kappa shape index (κ2) is 13.9. The molecule has 3 amide bonds. The van der Waals surface area contributed by atoms with E-state index in [1.165, 1.54) is 5.56 Å². The molecule has 226 valence electrons. The quantitative estimate of drug-likeness (QED) is 0.288. The SMILES string of the molecule is CC[C@H](C)[C@]1(C)C(=O)O[C@H]1C(=O)N[C@H]1C[C@H]1CC(CCc1ccccc1)NC(=O)[C@H](C)NC(=O)OCc1ccccc1. The zero-order valence-electron chi connectivity index (χ0n) is 24.9.